The van der Waals surface area contributed by atoms with E-state index in [0.717, 1.165) is 19.0 Å². The van der Waals surface area contributed by atoms with Crippen molar-refractivity contribution in [1.82, 2.24) is 0 Å². The molecule has 0 amide bonds. The van der Waals surface area contributed by atoms with E-state index >= 15 is 0 Å². The molecule has 0 heterocycles. The molecule has 98 valence electrons. The first-order valence-corrected chi connectivity index (χ1v) is 7.02. The van der Waals surface area contributed by atoms with Gasteiger partial charge >= 0.3 is 0 Å². The second-order valence-electron chi connectivity index (χ2n) is 5.24. The minimum atomic E-state index is 0.282. The molecule has 0 spiro atoms. The van der Waals surface area contributed by atoms with Gasteiger partial charge < -0.3 is 10.0 Å². The molecule has 0 bridgehead atoms. The fourth-order valence-corrected chi connectivity index (χ4v) is 2.76. The van der Waals surface area contributed by atoms with Crippen molar-refractivity contribution < 1.29 is 10.0 Å². The van der Waals surface area contributed by atoms with Gasteiger partial charge in [0.05, 0.1) is 13.2 Å². The van der Waals surface area contributed by atoms with Gasteiger partial charge in [0.15, 0.2) is 0 Å². The Labute approximate surface area is 110 Å². The molecule has 18 heavy (non-hydrogen) atoms. The van der Waals surface area contributed by atoms with Gasteiger partial charge in [0.1, 0.15) is 13.1 Å². The summed E-state index contributed by atoms with van der Waals surface area (Å²) in [5.41, 5.74) is 1.37. The molecule has 2 N–H and O–H groups in total. The van der Waals surface area contributed by atoms with Gasteiger partial charge in [-0.2, -0.15) is 0 Å². The van der Waals surface area contributed by atoms with Crippen LogP contribution in [0.25, 0.3) is 0 Å². The van der Waals surface area contributed by atoms with Crippen LogP contribution in [0.3, 0.4) is 0 Å². The Morgan fingerprint density at radius 2 is 2.00 bits per heavy atom. The summed E-state index contributed by atoms with van der Waals surface area (Å²) in [4.78, 5) is 1.50. The monoisotopic (exact) mass is 246 g/mol. The van der Waals surface area contributed by atoms with Crippen molar-refractivity contribution in [2.45, 2.75) is 25.8 Å². The maximum absolute atomic E-state index is 9.21. The minimum Gasteiger partial charge on any atom is -0.391 e. The number of rotatable bonds is 6. The number of benzene rings is 1. The van der Waals surface area contributed by atoms with E-state index in [-0.39, 0.29) is 6.61 Å². The maximum atomic E-state index is 9.21. The van der Waals surface area contributed by atoms with Gasteiger partial charge in [-0.25, -0.2) is 0 Å². The highest BCUT2D eigenvalue weighted by atomic mass is 16.3. The van der Waals surface area contributed by atoms with E-state index in [1.165, 1.54) is 36.3 Å². The van der Waals surface area contributed by atoms with Gasteiger partial charge in [0.2, 0.25) is 0 Å². The first-order valence-electron chi connectivity index (χ1n) is 7.02. The predicted octanol–water partition coefficient (Wildman–Crippen LogP) is 1.42. The second-order valence-corrected chi connectivity index (χ2v) is 5.24. The zero-order valence-corrected chi connectivity index (χ0v) is 11.0. The van der Waals surface area contributed by atoms with Crippen molar-refractivity contribution in [3.05, 3.63) is 48.0 Å². The Morgan fingerprint density at radius 1 is 1.17 bits per heavy atom. The normalized spacial score (nSPS) is 20.8. The smallest absolute Gasteiger partial charge is 0.103 e. The molecular formula is C16H24NO+. The van der Waals surface area contributed by atoms with Gasteiger partial charge in [0.25, 0.3) is 0 Å². The van der Waals surface area contributed by atoms with Crippen LogP contribution < -0.4 is 4.90 Å². The summed E-state index contributed by atoms with van der Waals surface area (Å²) < 4.78 is 0. The number of aliphatic hydroxyl groups excluding tert-OH is 1. The van der Waals surface area contributed by atoms with E-state index in [0.29, 0.717) is 0 Å². The van der Waals surface area contributed by atoms with Gasteiger partial charge in [0, 0.05) is 11.5 Å². The molecule has 1 aliphatic rings. The molecule has 0 saturated carbocycles. The molecule has 0 saturated heterocycles. The summed E-state index contributed by atoms with van der Waals surface area (Å²) in [7, 11) is 0. The van der Waals surface area contributed by atoms with Crippen LogP contribution in [0.15, 0.2) is 42.5 Å². The van der Waals surface area contributed by atoms with Crippen molar-refractivity contribution in [2.24, 2.45) is 5.92 Å². The third kappa shape index (κ3) is 4.28. The van der Waals surface area contributed by atoms with Crippen molar-refractivity contribution in [3.8, 4) is 0 Å². The highest BCUT2D eigenvalue weighted by molar-refractivity contribution is 5.13. The Hall–Kier alpha value is -1.12. The maximum Gasteiger partial charge on any atom is 0.103 e. The molecule has 1 unspecified atom stereocenters. The third-order valence-electron chi connectivity index (χ3n) is 3.72. The SMILES string of the molecule is OCC[NH+](Cc1ccccc1)C[C@H]1CC=CCC1. The molecule has 1 aromatic carbocycles. The number of quaternary nitrogens is 1. The minimum absolute atomic E-state index is 0.282. The van der Waals surface area contributed by atoms with Gasteiger partial charge in [-0.15, -0.1) is 0 Å². The molecule has 0 radical (unpaired) electrons. The van der Waals surface area contributed by atoms with Gasteiger partial charge in [-0.1, -0.05) is 42.5 Å². The van der Waals surface area contributed by atoms with E-state index in [2.05, 4.69) is 42.5 Å². The molecule has 2 nitrogen and oxygen atoms in total. The highest BCUT2D eigenvalue weighted by Gasteiger charge is 2.17. The Kier molecular flexibility index (Phi) is 5.43. The van der Waals surface area contributed by atoms with E-state index in [1.807, 2.05) is 0 Å². The Balaban J connectivity index is 1.89. The van der Waals surface area contributed by atoms with Crippen molar-refractivity contribution in [2.75, 3.05) is 19.7 Å². The summed E-state index contributed by atoms with van der Waals surface area (Å²) in [5.74, 6) is 0.792. The van der Waals surface area contributed by atoms with E-state index in [9.17, 15) is 5.11 Å². The fraction of sp³-hybridized carbons (Fsp3) is 0.500. The van der Waals surface area contributed by atoms with Crippen LogP contribution in [0.4, 0.5) is 0 Å². The van der Waals surface area contributed by atoms with E-state index < -0.39 is 0 Å². The molecule has 0 fully saturated rings. The standard InChI is InChI=1S/C16H23NO/c18-12-11-17(13-15-7-3-1-4-8-15)14-16-9-5-2-6-10-16/h1-5,7-8,16,18H,6,9-14H2/p+1/t16-/m0/s1. The van der Waals surface area contributed by atoms with Crippen LogP contribution in [-0.4, -0.2) is 24.8 Å². The number of aliphatic hydroxyl groups is 1. The molecule has 2 heteroatoms. The molecule has 2 atom stereocenters. The quantitative estimate of drug-likeness (QED) is 0.729. The molecule has 0 aromatic heterocycles. The van der Waals surface area contributed by atoms with Crippen LogP contribution in [-0.2, 0) is 6.54 Å². The summed E-state index contributed by atoms with van der Waals surface area (Å²) in [6.07, 6.45) is 8.35. The fourth-order valence-electron chi connectivity index (χ4n) is 2.76. The lowest BCUT2D eigenvalue weighted by Crippen LogP contribution is -3.11. The summed E-state index contributed by atoms with van der Waals surface area (Å²) in [6, 6.07) is 10.6. The summed E-state index contributed by atoms with van der Waals surface area (Å²) in [5, 5.41) is 9.21. The van der Waals surface area contributed by atoms with E-state index in [1.54, 1.807) is 0 Å². The van der Waals surface area contributed by atoms with Crippen LogP contribution >= 0.6 is 0 Å². The first kappa shape index (κ1) is 13.3. The molecule has 1 aromatic rings. The highest BCUT2D eigenvalue weighted by Crippen LogP contribution is 2.16. The van der Waals surface area contributed by atoms with Crippen LogP contribution in [0.2, 0.25) is 0 Å². The van der Waals surface area contributed by atoms with Crippen molar-refractivity contribution in [3.63, 3.8) is 0 Å². The molecule has 0 aliphatic heterocycles. The van der Waals surface area contributed by atoms with Crippen LogP contribution in [0.1, 0.15) is 24.8 Å². The lowest BCUT2D eigenvalue weighted by molar-refractivity contribution is -0.917. The van der Waals surface area contributed by atoms with Crippen LogP contribution in [0, 0.1) is 5.92 Å². The average Bonchev–Trinajstić information content (AvgIpc) is 2.41. The first-order chi connectivity index (χ1) is 8.88. The number of hydrogen-bond acceptors (Lipinski definition) is 1. The summed E-state index contributed by atoms with van der Waals surface area (Å²) >= 11 is 0. The largest absolute Gasteiger partial charge is 0.391 e. The van der Waals surface area contributed by atoms with E-state index in [4.69, 9.17) is 0 Å². The average molecular weight is 246 g/mol. The van der Waals surface area contributed by atoms with Gasteiger partial charge in [-0.05, 0) is 19.3 Å². The van der Waals surface area contributed by atoms with Crippen molar-refractivity contribution in [1.29, 1.82) is 0 Å². The zero-order valence-electron chi connectivity index (χ0n) is 11.0. The Bertz CT molecular complexity index is 361. The zero-order chi connectivity index (χ0) is 12.6. The molecular weight excluding hydrogens is 222 g/mol. The topological polar surface area (TPSA) is 24.7 Å². The molecule has 1 aliphatic carbocycles. The predicted molar refractivity (Wildman–Crippen MR) is 74.4 cm³/mol. The number of nitrogens with one attached hydrogen (secondary N) is 1. The molecule has 2 rings (SSSR count). The second kappa shape index (κ2) is 7.34. The number of hydrogen-bond donors (Lipinski definition) is 2. The summed E-state index contributed by atoms with van der Waals surface area (Å²) in [6.45, 7) is 3.35. The van der Waals surface area contributed by atoms with Crippen molar-refractivity contribution >= 4 is 0 Å². The van der Waals surface area contributed by atoms with Gasteiger partial charge in [-0.3, -0.25) is 0 Å². The Morgan fingerprint density at radius 3 is 2.67 bits per heavy atom. The number of allylic oxidation sites excluding steroid dienone is 2. The lowest BCUT2D eigenvalue weighted by Gasteiger charge is -2.25. The van der Waals surface area contributed by atoms with Crippen LogP contribution in [0.5, 0.6) is 0 Å². The lowest BCUT2D eigenvalue weighted by atomic mass is 9.94. The third-order valence-corrected chi connectivity index (χ3v) is 3.72.